The van der Waals surface area contributed by atoms with E-state index in [2.05, 4.69) is 4.98 Å². The second-order valence-electron chi connectivity index (χ2n) is 5.16. The Hall–Kier alpha value is -1.95. The molecule has 0 aliphatic heterocycles. The maximum Gasteiger partial charge on any atom is 0.267 e. The van der Waals surface area contributed by atoms with E-state index in [0.29, 0.717) is 11.3 Å². The molecule has 0 saturated carbocycles. The highest BCUT2D eigenvalue weighted by Crippen LogP contribution is 2.23. The highest BCUT2D eigenvalue weighted by Gasteiger charge is 2.18. The number of aromatic nitrogens is 2. The molecular formula is C16H12Cl2FN3O. The average Bonchev–Trinajstić information content (AvgIpc) is 2.45. The molecule has 0 aliphatic rings. The van der Waals surface area contributed by atoms with E-state index in [0.717, 1.165) is 6.07 Å². The van der Waals surface area contributed by atoms with Gasteiger partial charge in [-0.2, -0.15) is 0 Å². The van der Waals surface area contributed by atoms with E-state index in [1.807, 2.05) is 0 Å². The van der Waals surface area contributed by atoms with Crippen LogP contribution in [0.5, 0.6) is 0 Å². The molecule has 0 amide bonds. The summed E-state index contributed by atoms with van der Waals surface area (Å²) in [5.74, 6) is -0.263. The second kappa shape index (κ2) is 5.92. The first kappa shape index (κ1) is 15.9. The van der Waals surface area contributed by atoms with E-state index in [4.69, 9.17) is 28.9 Å². The number of nitrogens with zero attached hydrogens (tertiary/aromatic N) is 2. The summed E-state index contributed by atoms with van der Waals surface area (Å²) in [7, 11) is 0. The Balaban J connectivity index is 2.47. The fourth-order valence-corrected chi connectivity index (χ4v) is 2.90. The summed E-state index contributed by atoms with van der Waals surface area (Å²) in [4.78, 5) is 17.3. The van der Waals surface area contributed by atoms with Crippen LogP contribution in [0.1, 0.15) is 18.8 Å². The summed E-state index contributed by atoms with van der Waals surface area (Å²) >= 11 is 12.0. The van der Waals surface area contributed by atoms with Crippen LogP contribution < -0.4 is 11.3 Å². The minimum atomic E-state index is -0.561. The van der Waals surface area contributed by atoms with Crippen LogP contribution in [0, 0.1) is 5.82 Å². The van der Waals surface area contributed by atoms with Gasteiger partial charge in [-0.1, -0.05) is 29.3 Å². The molecule has 0 saturated heterocycles. The van der Waals surface area contributed by atoms with Crippen molar-refractivity contribution in [3.63, 3.8) is 0 Å². The molecule has 3 rings (SSSR count). The molecule has 1 atom stereocenters. The van der Waals surface area contributed by atoms with Crippen LogP contribution in [-0.4, -0.2) is 9.55 Å². The van der Waals surface area contributed by atoms with Gasteiger partial charge in [0.1, 0.15) is 11.6 Å². The van der Waals surface area contributed by atoms with Crippen LogP contribution in [0.25, 0.3) is 16.6 Å². The molecule has 118 valence electrons. The third kappa shape index (κ3) is 2.83. The fourth-order valence-electron chi connectivity index (χ4n) is 2.43. The van der Waals surface area contributed by atoms with E-state index in [-0.39, 0.29) is 21.1 Å². The maximum atomic E-state index is 13.7. The zero-order valence-electron chi connectivity index (χ0n) is 12.1. The molecular weight excluding hydrogens is 340 g/mol. The van der Waals surface area contributed by atoms with E-state index in [1.165, 1.54) is 16.7 Å². The third-order valence-electron chi connectivity index (χ3n) is 3.39. The van der Waals surface area contributed by atoms with Crippen LogP contribution in [-0.2, 0) is 0 Å². The topological polar surface area (TPSA) is 60.9 Å². The Labute approximate surface area is 141 Å². The molecule has 1 heterocycles. The van der Waals surface area contributed by atoms with Crippen LogP contribution in [0.15, 0.2) is 41.2 Å². The van der Waals surface area contributed by atoms with Crippen molar-refractivity contribution in [2.75, 3.05) is 0 Å². The lowest BCUT2D eigenvalue weighted by Gasteiger charge is -2.16. The minimum absolute atomic E-state index is 0.168. The Morgan fingerprint density at radius 3 is 2.65 bits per heavy atom. The van der Waals surface area contributed by atoms with Crippen LogP contribution in [0.2, 0.25) is 10.0 Å². The standard InChI is InChI=1S/C16H12Cl2FN3O/c1-8(20)15-21-13-4-2-3-12(18)14(13)16(23)22(15)11-6-9(17)5-10(19)7-11/h2-8H,20H2,1H3/t8-/m0/s1. The summed E-state index contributed by atoms with van der Waals surface area (Å²) in [5, 5.41) is 0.688. The summed E-state index contributed by atoms with van der Waals surface area (Å²) in [6, 6.07) is 8.26. The molecule has 0 spiro atoms. The second-order valence-corrected chi connectivity index (χ2v) is 6.00. The Morgan fingerprint density at radius 1 is 1.26 bits per heavy atom. The van der Waals surface area contributed by atoms with Gasteiger partial charge in [0, 0.05) is 5.02 Å². The molecule has 2 N–H and O–H groups in total. The Morgan fingerprint density at radius 2 is 2.00 bits per heavy atom. The fraction of sp³-hybridized carbons (Fsp3) is 0.125. The largest absolute Gasteiger partial charge is 0.322 e. The molecule has 0 aliphatic carbocycles. The number of hydrogen-bond donors (Lipinski definition) is 1. The van der Waals surface area contributed by atoms with E-state index in [9.17, 15) is 9.18 Å². The van der Waals surface area contributed by atoms with Crippen molar-refractivity contribution < 1.29 is 4.39 Å². The van der Waals surface area contributed by atoms with Gasteiger partial charge in [0.05, 0.1) is 27.7 Å². The highest BCUT2D eigenvalue weighted by molar-refractivity contribution is 6.35. The first-order valence-electron chi connectivity index (χ1n) is 6.81. The molecule has 7 heteroatoms. The van der Waals surface area contributed by atoms with Crippen LogP contribution in [0.3, 0.4) is 0 Å². The first-order valence-corrected chi connectivity index (χ1v) is 7.57. The van der Waals surface area contributed by atoms with Crippen molar-refractivity contribution in [3.05, 3.63) is 68.4 Å². The SMILES string of the molecule is C[C@H](N)c1nc2cccc(Cl)c2c(=O)n1-c1cc(F)cc(Cl)c1. The van der Waals surface area contributed by atoms with E-state index in [1.54, 1.807) is 25.1 Å². The van der Waals surface area contributed by atoms with Gasteiger partial charge in [-0.25, -0.2) is 9.37 Å². The molecule has 0 radical (unpaired) electrons. The van der Waals surface area contributed by atoms with Gasteiger partial charge in [0.2, 0.25) is 0 Å². The highest BCUT2D eigenvalue weighted by atomic mass is 35.5. The number of halogens is 3. The molecule has 0 fully saturated rings. The average molecular weight is 352 g/mol. The molecule has 23 heavy (non-hydrogen) atoms. The number of nitrogens with two attached hydrogens (primary N) is 1. The normalized spacial score (nSPS) is 12.6. The number of hydrogen-bond acceptors (Lipinski definition) is 3. The smallest absolute Gasteiger partial charge is 0.267 e. The van der Waals surface area contributed by atoms with E-state index < -0.39 is 17.4 Å². The molecule has 0 bridgehead atoms. The van der Waals surface area contributed by atoms with Crippen molar-refractivity contribution in [1.82, 2.24) is 9.55 Å². The third-order valence-corrected chi connectivity index (χ3v) is 3.92. The van der Waals surface area contributed by atoms with Crippen molar-refractivity contribution >= 4 is 34.1 Å². The van der Waals surface area contributed by atoms with Gasteiger partial charge in [-0.05, 0) is 37.3 Å². The molecule has 1 aromatic heterocycles. The number of fused-ring (bicyclic) bond motifs is 1. The lowest BCUT2D eigenvalue weighted by atomic mass is 10.2. The van der Waals surface area contributed by atoms with Crippen LogP contribution >= 0.6 is 23.2 Å². The quantitative estimate of drug-likeness (QED) is 0.762. The van der Waals surface area contributed by atoms with Crippen molar-refractivity contribution in [1.29, 1.82) is 0 Å². The van der Waals surface area contributed by atoms with Gasteiger partial charge in [0.25, 0.3) is 5.56 Å². The van der Waals surface area contributed by atoms with Crippen LogP contribution in [0.4, 0.5) is 4.39 Å². The summed E-state index contributed by atoms with van der Waals surface area (Å²) < 4.78 is 14.9. The summed E-state index contributed by atoms with van der Waals surface area (Å²) in [6.07, 6.45) is 0. The zero-order chi connectivity index (χ0) is 16.7. The molecule has 2 aromatic carbocycles. The van der Waals surface area contributed by atoms with Gasteiger partial charge in [-0.15, -0.1) is 0 Å². The van der Waals surface area contributed by atoms with E-state index >= 15 is 0 Å². The summed E-state index contributed by atoms with van der Waals surface area (Å²) in [6.45, 7) is 1.69. The van der Waals surface area contributed by atoms with Gasteiger partial charge < -0.3 is 5.73 Å². The molecule has 3 aromatic rings. The lowest BCUT2D eigenvalue weighted by molar-refractivity contribution is 0.624. The minimum Gasteiger partial charge on any atom is -0.322 e. The van der Waals surface area contributed by atoms with Gasteiger partial charge in [-0.3, -0.25) is 9.36 Å². The zero-order valence-corrected chi connectivity index (χ0v) is 13.6. The maximum absolute atomic E-state index is 13.7. The molecule has 0 unspecified atom stereocenters. The predicted molar refractivity (Wildman–Crippen MR) is 89.9 cm³/mol. The number of benzene rings is 2. The first-order chi connectivity index (χ1) is 10.9. The lowest BCUT2D eigenvalue weighted by Crippen LogP contribution is -2.27. The summed E-state index contributed by atoms with van der Waals surface area (Å²) in [5.41, 5.74) is 6.21. The predicted octanol–water partition coefficient (Wildman–Crippen LogP) is 3.85. The van der Waals surface area contributed by atoms with Crippen molar-refractivity contribution in [2.24, 2.45) is 5.73 Å². The molecule has 4 nitrogen and oxygen atoms in total. The monoisotopic (exact) mass is 351 g/mol. The van der Waals surface area contributed by atoms with Gasteiger partial charge >= 0.3 is 0 Å². The Kier molecular flexibility index (Phi) is 4.10. The van der Waals surface area contributed by atoms with Gasteiger partial charge in [0.15, 0.2) is 0 Å². The Bertz CT molecular complexity index is 949. The van der Waals surface area contributed by atoms with Crippen molar-refractivity contribution in [3.8, 4) is 5.69 Å². The van der Waals surface area contributed by atoms with Crippen molar-refractivity contribution in [2.45, 2.75) is 13.0 Å². The number of rotatable bonds is 2.